The Morgan fingerprint density at radius 3 is 2.86 bits per heavy atom. The fourth-order valence-corrected chi connectivity index (χ4v) is 2.54. The molecule has 1 unspecified atom stereocenters. The number of benzene rings is 1. The SMILES string of the molecule is CCNC(C)c1cccc(NC(=O)NC2CC(OC)C2)c1. The highest BCUT2D eigenvalue weighted by atomic mass is 16.5. The zero-order chi connectivity index (χ0) is 15.2. The number of carbonyl (C=O) groups is 1. The van der Waals surface area contributed by atoms with Crippen molar-refractivity contribution in [1.82, 2.24) is 10.6 Å². The molecule has 1 saturated carbocycles. The van der Waals surface area contributed by atoms with E-state index in [1.807, 2.05) is 18.2 Å². The smallest absolute Gasteiger partial charge is 0.319 e. The van der Waals surface area contributed by atoms with Crippen LogP contribution < -0.4 is 16.0 Å². The molecule has 0 bridgehead atoms. The largest absolute Gasteiger partial charge is 0.381 e. The summed E-state index contributed by atoms with van der Waals surface area (Å²) >= 11 is 0. The topological polar surface area (TPSA) is 62.4 Å². The number of anilines is 1. The zero-order valence-corrected chi connectivity index (χ0v) is 13.0. The first-order valence-corrected chi connectivity index (χ1v) is 7.56. The second-order valence-corrected chi connectivity index (χ2v) is 5.53. The van der Waals surface area contributed by atoms with Crippen molar-refractivity contribution in [3.8, 4) is 0 Å². The number of methoxy groups -OCH3 is 1. The number of hydrogen-bond acceptors (Lipinski definition) is 3. The van der Waals surface area contributed by atoms with Crippen LogP contribution in [0, 0.1) is 0 Å². The monoisotopic (exact) mass is 291 g/mol. The Labute approximate surface area is 126 Å². The Hall–Kier alpha value is -1.59. The Bertz CT molecular complexity index is 472. The molecule has 0 aromatic heterocycles. The molecule has 1 atom stereocenters. The van der Waals surface area contributed by atoms with E-state index in [1.165, 1.54) is 0 Å². The summed E-state index contributed by atoms with van der Waals surface area (Å²) in [7, 11) is 1.71. The van der Waals surface area contributed by atoms with Gasteiger partial charge in [-0.1, -0.05) is 19.1 Å². The van der Waals surface area contributed by atoms with Gasteiger partial charge in [-0.15, -0.1) is 0 Å². The molecular weight excluding hydrogens is 266 g/mol. The van der Waals surface area contributed by atoms with Gasteiger partial charge in [0.15, 0.2) is 0 Å². The molecule has 3 N–H and O–H groups in total. The van der Waals surface area contributed by atoms with Crippen LogP contribution in [0.2, 0.25) is 0 Å². The number of ether oxygens (including phenoxy) is 1. The fraction of sp³-hybridized carbons (Fsp3) is 0.562. The van der Waals surface area contributed by atoms with Crippen molar-refractivity contribution in [3.63, 3.8) is 0 Å². The summed E-state index contributed by atoms with van der Waals surface area (Å²) in [6, 6.07) is 8.27. The molecule has 1 aromatic carbocycles. The van der Waals surface area contributed by atoms with Crippen molar-refractivity contribution in [2.75, 3.05) is 19.0 Å². The minimum Gasteiger partial charge on any atom is -0.381 e. The molecule has 2 amide bonds. The van der Waals surface area contributed by atoms with Gasteiger partial charge in [0.05, 0.1) is 6.10 Å². The molecule has 116 valence electrons. The molecule has 5 heteroatoms. The molecule has 0 saturated heterocycles. The Morgan fingerprint density at radius 2 is 2.19 bits per heavy atom. The number of nitrogens with one attached hydrogen (secondary N) is 3. The van der Waals surface area contributed by atoms with Gasteiger partial charge in [0.1, 0.15) is 0 Å². The van der Waals surface area contributed by atoms with Crippen molar-refractivity contribution in [1.29, 1.82) is 0 Å². The lowest BCUT2D eigenvalue weighted by Gasteiger charge is -2.34. The molecule has 1 aliphatic carbocycles. The lowest BCUT2D eigenvalue weighted by molar-refractivity contribution is 0.0210. The third kappa shape index (κ3) is 4.44. The predicted octanol–water partition coefficient (Wildman–Crippen LogP) is 2.66. The van der Waals surface area contributed by atoms with Gasteiger partial charge < -0.3 is 20.7 Å². The predicted molar refractivity (Wildman–Crippen MR) is 84.5 cm³/mol. The van der Waals surface area contributed by atoms with E-state index >= 15 is 0 Å². The third-order valence-electron chi connectivity index (χ3n) is 3.92. The second-order valence-electron chi connectivity index (χ2n) is 5.53. The van der Waals surface area contributed by atoms with E-state index in [4.69, 9.17) is 4.74 Å². The van der Waals surface area contributed by atoms with Gasteiger partial charge in [0.25, 0.3) is 0 Å². The van der Waals surface area contributed by atoms with Gasteiger partial charge >= 0.3 is 6.03 Å². The van der Waals surface area contributed by atoms with Gasteiger partial charge in [0.2, 0.25) is 0 Å². The maximum atomic E-state index is 11.9. The summed E-state index contributed by atoms with van der Waals surface area (Å²) in [5.74, 6) is 0. The van der Waals surface area contributed by atoms with Crippen LogP contribution in [0.1, 0.15) is 38.3 Å². The summed E-state index contributed by atoms with van der Waals surface area (Å²) in [6.45, 7) is 5.11. The Morgan fingerprint density at radius 1 is 1.43 bits per heavy atom. The third-order valence-corrected chi connectivity index (χ3v) is 3.92. The Balaban J connectivity index is 1.85. The van der Waals surface area contributed by atoms with E-state index in [-0.39, 0.29) is 18.1 Å². The zero-order valence-electron chi connectivity index (χ0n) is 13.0. The van der Waals surface area contributed by atoms with Crippen LogP contribution in [0.3, 0.4) is 0 Å². The normalized spacial score (nSPS) is 22.2. The summed E-state index contributed by atoms with van der Waals surface area (Å²) in [4.78, 5) is 11.9. The minimum atomic E-state index is -0.150. The average Bonchev–Trinajstić information content (AvgIpc) is 2.43. The standard InChI is InChI=1S/C16H25N3O2/c1-4-17-11(2)12-6-5-7-13(8-12)18-16(20)19-14-9-15(10-14)21-3/h5-8,11,14-15,17H,4,9-10H2,1-3H3,(H2,18,19,20). The van der Waals surface area contributed by atoms with Crippen LogP contribution in [0.25, 0.3) is 0 Å². The quantitative estimate of drug-likeness (QED) is 0.755. The van der Waals surface area contributed by atoms with E-state index < -0.39 is 0 Å². The molecule has 1 aromatic rings. The molecule has 1 fully saturated rings. The Kier molecular flexibility index (Phi) is 5.59. The van der Waals surface area contributed by atoms with Crippen molar-refractivity contribution < 1.29 is 9.53 Å². The molecular formula is C16H25N3O2. The number of hydrogen-bond donors (Lipinski definition) is 3. The van der Waals surface area contributed by atoms with E-state index in [2.05, 4.69) is 35.9 Å². The first-order valence-electron chi connectivity index (χ1n) is 7.56. The van der Waals surface area contributed by atoms with Gasteiger partial charge in [-0.25, -0.2) is 4.79 Å². The highest BCUT2D eigenvalue weighted by molar-refractivity contribution is 5.89. The second kappa shape index (κ2) is 7.43. The lowest BCUT2D eigenvalue weighted by atomic mass is 9.89. The van der Waals surface area contributed by atoms with Gasteiger partial charge in [-0.3, -0.25) is 0 Å². The van der Waals surface area contributed by atoms with Crippen molar-refractivity contribution in [2.45, 2.75) is 44.9 Å². The molecule has 2 rings (SSSR count). The number of carbonyl (C=O) groups excluding carboxylic acids is 1. The summed E-state index contributed by atoms with van der Waals surface area (Å²) < 4.78 is 5.20. The first kappa shape index (κ1) is 15.8. The fourth-order valence-electron chi connectivity index (χ4n) is 2.54. The maximum absolute atomic E-state index is 11.9. The van der Waals surface area contributed by atoms with E-state index in [9.17, 15) is 4.79 Å². The molecule has 5 nitrogen and oxygen atoms in total. The number of urea groups is 1. The highest BCUT2D eigenvalue weighted by Crippen LogP contribution is 2.22. The lowest BCUT2D eigenvalue weighted by Crippen LogP contribution is -2.48. The minimum absolute atomic E-state index is 0.150. The molecule has 0 heterocycles. The number of rotatable bonds is 6. The van der Waals surface area contributed by atoms with E-state index in [1.54, 1.807) is 7.11 Å². The summed E-state index contributed by atoms with van der Waals surface area (Å²) in [5.41, 5.74) is 1.98. The van der Waals surface area contributed by atoms with E-state index in [0.717, 1.165) is 30.6 Å². The van der Waals surface area contributed by atoms with Gasteiger partial charge in [0, 0.05) is 24.9 Å². The van der Waals surface area contributed by atoms with Crippen molar-refractivity contribution in [2.24, 2.45) is 0 Å². The van der Waals surface area contributed by atoms with Crippen LogP contribution >= 0.6 is 0 Å². The molecule has 21 heavy (non-hydrogen) atoms. The van der Waals surface area contributed by atoms with Gasteiger partial charge in [-0.05, 0) is 44.0 Å². The van der Waals surface area contributed by atoms with Gasteiger partial charge in [-0.2, -0.15) is 0 Å². The van der Waals surface area contributed by atoms with Crippen LogP contribution in [0.15, 0.2) is 24.3 Å². The van der Waals surface area contributed by atoms with Crippen LogP contribution in [0.5, 0.6) is 0 Å². The van der Waals surface area contributed by atoms with Crippen LogP contribution in [-0.2, 0) is 4.74 Å². The highest BCUT2D eigenvalue weighted by Gasteiger charge is 2.30. The molecule has 0 aliphatic heterocycles. The number of amides is 2. The maximum Gasteiger partial charge on any atom is 0.319 e. The first-order chi connectivity index (χ1) is 10.1. The van der Waals surface area contributed by atoms with Crippen molar-refractivity contribution in [3.05, 3.63) is 29.8 Å². The summed E-state index contributed by atoms with van der Waals surface area (Å²) in [6.07, 6.45) is 2.07. The molecule has 0 radical (unpaired) electrons. The van der Waals surface area contributed by atoms with E-state index in [0.29, 0.717) is 6.10 Å². The van der Waals surface area contributed by atoms with Crippen molar-refractivity contribution >= 4 is 11.7 Å². The van der Waals surface area contributed by atoms with Crippen LogP contribution in [0.4, 0.5) is 10.5 Å². The molecule has 1 aliphatic rings. The average molecular weight is 291 g/mol. The summed E-state index contributed by atoms with van der Waals surface area (Å²) in [5, 5.41) is 9.21. The molecule has 0 spiro atoms. The van der Waals surface area contributed by atoms with Crippen LogP contribution in [-0.4, -0.2) is 31.8 Å².